The van der Waals surface area contributed by atoms with E-state index in [1.54, 1.807) is 12.1 Å². The van der Waals surface area contributed by atoms with Crippen LogP contribution in [0.3, 0.4) is 0 Å². The number of fused-ring (bicyclic) bond motifs is 1. The van der Waals surface area contributed by atoms with Crippen molar-refractivity contribution in [1.29, 1.82) is 0 Å². The summed E-state index contributed by atoms with van der Waals surface area (Å²) in [7, 11) is 0. The Kier molecular flexibility index (Phi) is 3.29. The van der Waals surface area contributed by atoms with Crippen molar-refractivity contribution >= 4 is 11.0 Å². The fourth-order valence-corrected chi connectivity index (χ4v) is 2.44. The van der Waals surface area contributed by atoms with Gasteiger partial charge in [0, 0.05) is 12.0 Å². The first kappa shape index (κ1) is 12.6. The zero-order chi connectivity index (χ0) is 13.4. The van der Waals surface area contributed by atoms with Crippen molar-refractivity contribution in [3.05, 3.63) is 35.8 Å². The first-order valence-corrected chi connectivity index (χ1v) is 6.67. The second-order valence-electron chi connectivity index (χ2n) is 5.03. The van der Waals surface area contributed by atoms with E-state index in [0.29, 0.717) is 29.3 Å². The molecule has 1 aromatic carbocycles. The molecule has 1 aliphatic rings. The molecule has 4 heteroatoms. The molecule has 0 saturated heterocycles. The highest BCUT2D eigenvalue weighted by Gasteiger charge is 2.38. The molecule has 19 heavy (non-hydrogen) atoms. The summed E-state index contributed by atoms with van der Waals surface area (Å²) in [6, 6.07) is 6.02. The third kappa shape index (κ3) is 2.51. The smallest absolute Gasteiger partial charge is 0.138 e. The Bertz CT molecular complexity index is 574. The summed E-state index contributed by atoms with van der Waals surface area (Å²) in [5.74, 6) is 0.545. The van der Waals surface area contributed by atoms with E-state index >= 15 is 0 Å². The Morgan fingerprint density at radius 3 is 2.89 bits per heavy atom. The monoisotopic (exact) mass is 264 g/mol. The van der Waals surface area contributed by atoms with Crippen molar-refractivity contribution in [3.8, 4) is 0 Å². The van der Waals surface area contributed by atoms with Gasteiger partial charge in [-0.25, -0.2) is 4.39 Å². The molecule has 1 aliphatic carbocycles. The van der Waals surface area contributed by atoms with Gasteiger partial charge in [0.05, 0.1) is 6.10 Å². The van der Waals surface area contributed by atoms with E-state index in [-0.39, 0.29) is 11.9 Å². The Balaban J connectivity index is 1.89. The molecule has 0 aliphatic heterocycles. The lowest BCUT2D eigenvalue weighted by Crippen LogP contribution is -2.24. The Morgan fingerprint density at radius 2 is 2.21 bits per heavy atom. The van der Waals surface area contributed by atoms with E-state index in [2.05, 4.69) is 0 Å². The zero-order valence-corrected chi connectivity index (χ0v) is 10.8. The van der Waals surface area contributed by atoms with Gasteiger partial charge in [-0.1, -0.05) is 0 Å². The number of ether oxygens (including phenoxy) is 1. The molecule has 0 spiro atoms. The quantitative estimate of drug-likeness (QED) is 0.899. The molecule has 0 amide bonds. The van der Waals surface area contributed by atoms with Crippen molar-refractivity contribution in [1.82, 2.24) is 0 Å². The van der Waals surface area contributed by atoms with Gasteiger partial charge < -0.3 is 14.3 Å². The average Bonchev–Trinajstić information content (AvgIpc) is 3.14. The molecule has 3 nitrogen and oxygen atoms in total. The Morgan fingerprint density at radius 1 is 1.42 bits per heavy atom. The molecule has 2 aromatic rings. The molecule has 102 valence electrons. The van der Waals surface area contributed by atoms with Crippen LogP contribution in [-0.4, -0.2) is 17.8 Å². The minimum absolute atomic E-state index is 0.226. The van der Waals surface area contributed by atoms with E-state index in [9.17, 15) is 9.50 Å². The highest BCUT2D eigenvalue weighted by molar-refractivity contribution is 5.77. The summed E-state index contributed by atoms with van der Waals surface area (Å²) in [5.41, 5.74) is 0.585. The van der Waals surface area contributed by atoms with Crippen molar-refractivity contribution in [2.75, 3.05) is 6.61 Å². The lowest BCUT2D eigenvalue weighted by Gasteiger charge is -2.20. The summed E-state index contributed by atoms with van der Waals surface area (Å²) in [6.07, 6.45) is 1.14. The summed E-state index contributed by atoms with van der Waals surface area (Å²) in [5, 5.41) is 11.0. The maximum Gasteiger partial charge on any atom is 0.138 e. The zero-order valence-electron chi connectivity index (χ0n) is 10.8. The number of benzene rings is 1. The molecule has 1 fully saturated rings. The molecule has 2 unspecified atom stereocenters. The van der Waals surface area contributed by atoms with Crippen molar-refractivity contribution in [3.63, 3.8) is 0 Å². The van der Waals surface area contributed by atoms with Crippen LogP contribution in [0, 0.1) is 11.7 Å². The van der Waals surface area contributed by atoms with Crippen LogP contribution < -0.4 is 0 Å². The van der Waals surface area contributed by atoms with Gasteiger partial charge in [0.1, 0.15) is 23.3 Å². The maximum absolute atomic E-state index is 13.1. The SMILES string of the molecule is CCOC(C1CC1)C(O)c1cc2cc(F)ccc2o1. The van der Waals surface area contributed by atoms with Crippen LogP contribution in [0.4, 0.5) is 4.39 Å². The topological polar surface area (TPSA) is 42.6 Å². The predicted octanol–water partition coefficient (Wildman–Crippen LogP) is 3.42. The van der Waals surface area contributed by atoms with E-state index in [1.165, 1.54) is 12.1 Å². The number of hydrogen-bond acceptors (Lipinski definition) is 3. The van der Waals surface area contributed by atoms with Gasteiger partial charge in [0.2, 0.25) is 0 Å². The largest absolute Gasteiger partial charge is 0.458 e. The lowest BCUT2D eigenvalue weighted by molar-refractivity contribution is -0.0538. The van der Waals surface area contributed by atoms with Gasteiger partial charge in [-0.15, -0.1) is 0 Å². The third-order valence-corrected chi connectivity index (χ3v) is 3.55. The number of aliphatic hydroxyl groups excluding tert-OH is 1. The Hall–Kier alpha value is -1.39. The maximum atomic E-state index is 13.1. The molecule has 2 atom stereocenters. The summed E-state index contributed by atoms with van der Waals surface area (Å²) in [6.45, 7) is 2.48. The van der Waals surface area contributed by atoms with Crippen molar-refractivity contribution in [2.45, 2.75) is 32.0 Å². The second-order valence-corrected chi connectivity index (χ2v) is 5.03. The number of halogens is 1. The lowest BCUT2D eigenvalue weighted by atomic mass is 10.1. The molecule has 1 heterocycles. The molecule has 1 N–H and O–H groups in total. The van der Waals surface area contributed by atoms with Gasteiger partial charge in [-0.05, 0) is 49.9 Å². The van der Waals surface area contributed by atoms with Crippen molar-refractivity contribution < 1.29 is 18.7 Å². The van der Waals surface area contributed by atoms with Gasteiger partial charge >= 0.3 is 0 Å². The van der Waals surface area contributed by atoms with E-state index in [1.807, 2.05) is 6.92 Å². The summed E-state index contributed by atoms with van der Waals surface area (Å²) in [4.78, 5) is 0. The molecule has 1 aromatic heterocycles. The number of furan rings is 1. The Labute approximate surface area is 111 Å². The van der Waals surface area contributed by atoms with Crippen LogP contribution in [-0.2, 0) is 4.74 Å². The predicted molar refractivity (Wildman–Crippen MR) is 69.3 cm³/mol. The van der Waals surface area contributed by atoms with E-state index < -0.39 is 6.10 Å². The number of hydrogen-bond donors (Lipinski definition) is 1. The molecular weight excluding hydrogens is 247 g/mol. The first-order valence-electron chi connectivity index (χ1n) is 6.67. The van der Waals surface area contributed by atoms with Gasteiger partial charge in [0.25, 0.3) is 0 Å². The average molecular weight is 264 g/mol. The summed E-state index contributed by atoms with van der Waals surface area (Å²) >= 11 is 0. The first-order chi connectivity index (χ1) is 9.19. The number of rotatable bonds is 5. The van der Waals surface area contributed by atoms with Crippen LogP contribution in [0.5, 0.6) is 0 Å². The summed E-state index contributed by atoms with van der Waals surface area (Å²) < 4.78 is 24.3. The molecule has 0 bridgehead atoms. The normalized spacial score (nSPS) is 18.7. The standard InChI is InChI=1S/C15H17FO3/c1-2-18-15(9-3-4-9)14(17)13-8-10-7-11(16)5-6-12(10)19-13/h5-9,14-15,17H,2-4H2,1H3. The third-order valence-electron chi connectivity index (χ3n) is 3.55. The van der Waals surface area contributed by atoms with Gasteiger partial charge in [0.15, 0.2) is 0 Å². The van der Waals surface area contributed by atoms with Gasteiger partial charge in [-0.2, -0.15) is 0 Å². The van der Waals surface area contributed by atoms with Crippen LogP contribution >= 0.6 is 0 Å². The molecule has 1 saturated carbocycles. The highest BCUT2D eigenvalue weighted by Crippen LogP contribution is 2.41. The molecular formula is C15H17FO3. The molecule has 0 radical (unpaired) electrons. The van der Waals surface area contributed by atoms with Crippen molar-refractivity contribution in [2.24, 2.45) is 5.92 Å². The second kappa shape index (κ2) is 4.94. The van der Waals surface area contributed by atoms with E-state index in [0.717, 1.165) is 12.8 Å². The fraction of sp³-hybridized carbons (Fsp3) is 0.467. The van der Waals surface area contributed by atoms with E-state index in [4.69, 9.17) is 9.15 Å². The highest BCUT2D eigenvalue weighted by atomic mass is 19.1. The minimum Gasteiger partial charge on any atom is -0.458 e. The van der Waals surface area contributed by atoms with Gasteiger partial charge in [-0.3, -0.25) is 0 Å². The molecule has 3 rings (SSSR count). The van der Waals surface area contributed by atoms with Crippen LogP contribution in [0.15, 0.2) is 28.7 Å². The van der Waals surface area contributed by atoms with Crippen LogP contribution in [0.25, 0.3) is 11.0 Å². The number of aliphatic hydroxyl groups is 1. The van der Waals surface area contributed by atoms with Crippen LogP contribution in [0.2, 0.25) is 0 Å². The van der Waals surface area contributed by atoms with Crippen LogP contribution in [0.1, 0.15) is 31.6 Å². The minimum atomic E-state index is -0.789. The fourth-order valence-electron chi connectivity index (χ4n) is 2.44.